The van der Waals surface area contributed by atoms with Crippen LogP contribution in [0.2, 0.25) is 10.0 Å². The molecule has 1 aliphatic carbocycles. The zero-order chi connectivity index (χ0) is 17.4. The van der Waals surface area contributed by atoms with E-state index in [0.717, 1.165) is 11.3 Å². The number of benzene rings is 1. The molecule has 1 heterocycles. The summed E-state index contributed by atoms with van der Waals surface area (Å²) in [5.74, 6) is 0.490. The van der Waals surface area contributed by atoms with Crippen molar-refractivity contribution in [1.82, 2.24) is 9.97 Å². The maximum Gasteiger partial charge on any atom is 0.223 e. The molecule has 0 fully saturated rings. The molecule has 0 spiro atoms. The molecule has 24 heavy (non-hydrogen) atoms. The van der Waals surface area contributed by atoms with E-state index >= 15 is 0 Å². The molecule has 0 amide bonds. The van der Waals surface area contributed by atoms with Gasteiger partial charge in [0.15, 0.2) is 5.78 Å². The molecule has 0 radical (unpaired) electrons. The Morgan fingerprint density at radius 1 is 1.29 bits per heavy atom. The van der Waals surface area contributed by atoms with Gasteiger partial charge < -0.3 is 11.1 Å². The van der Waals surface area contributed by atoms with Crippen LogP contribution in [0.25, 0.3) is 17.0 Å². The lowest BCUT2D eigenvalue weighted by Gasteiger charge is -2.11. The Morgan fingerprint density at radius 3 is 2.67 bits per heavy atom. The molecule has 0 bridgehead atoms. The summed E-state index contributed by atoms with van der Waals surface area (Å²) in [4.78, 5) is 21.1. The first kappa shape index (κ1) is 16.7. The van der Waals surface area contributed by atoms with E-state index in [1.54, 1.807) is 19.2 Å². The van der Waals surface area contributed by atoms with Gasteiger partial charge in [0.1, 0.15) is 0 Å². The number of anilines is 1. The Hall–Kier alpha value is -2.11. The molecule has 2 aromatic rings. The van der Waals surface area contributed by atoms with Gasteiger partial charge in [0.05, 0.1) is 27.1 Å². The molecule has 3 rings (SSSR count). The van der Waals surface area contributed by atoms with E-state index in [4.69, 9.17) is 28.9 Å². The maximum atomic E-state index is 12.2. The lowest BCUT2D eigenvalue weighted by molar-refractivity contribution is -0.115. The highest BCUT2D eigenvalue weighted by Crippen LogP contribution is 2.38. The quantitative estimate of drug-likeness (QED) is 0.866. The van der Waals surface area contributed by atoms with E-state index in [2.05, 4.69) is 15.3 Å². The van der Waals surface area contributed by atoms with Crippen LogP contribution in [0.4, 0.5) is 5.95 Å². The Balaban J connectivity index is 2.24. The van der Waals surface area contributed by atoms with Gasteiger partial charge in [-0.05, 0) is 12.1 Å². The third kappa shape index (κ3) is 2.74. The highest BCUT2D eigenvalue weighted by molar-refractivity contribution is 6.42. The number of ketones is 1. The molecular formula is C17H16Cl2N4O. The van der Waals surface area contributed by atoms with E-state index in [1.807, 2.05) is 13.0 Å². The van der Waals surface area contributed by atoms with Crippen molar-refractivity contribution < 1.29 is 4.79 Å². The second kappa shape index (κ2) is 6.42. The van der Waals surface area contributed by atoms with Crippen molar-refractivity contribution >= 4 is 40.6 Å². The summed E-state index contributed by atoms with van der Waals surface area (Å²) in [5, 5.41) is 3.83. The molecule has 124 valence electrons. The standard InChI is InChI=1S/C17H16Cl2N4O/c1-3-13(24)9-7-12-14(15(9)20)16(23-17(21-2)22-12)8-4-5-10(18)11(19)6-8/h4-6H,3,7,20H2,1-2H3,(H,21,22,23). The average molecular weight is 363 g/mol. The number of nitrogens with two attached hydrogens (primary N) is 1. The third-order valence-electron chi connectivity index (χ3n) is 4.00. The van der Waals surface area contributed by atoms with Crippen molar-refractivity contribution in [3.63, 3.8) is 0 Å². The van der Waals surface area contributed by atoms with Gasteiger partial charge in [-0.2, -0.15) is 0 Å². The molecule has 0 saturated carbocycles. The number of carbonyl (C=O) groups is 1. The number of carbonyl (C=O) groups excluding carboxylic acids is 1. The number of allylic oxidation sites excluding steroid dienone is 1. The van der Waals surface area contributed by atoms with Gasteiger partial charge >= 0.3 is 0 Å². The van der Waals surface area contributed by atoms with Crippen molar-refractivity contribution in [2.75, 3.05) is 12.4 Å². The molecule has 5 nitrogen and oxygen atoms in total. The number of hydrogen-bond donors (Lipinski definition) is 2. The summed E-state index contributed by atoms with van der Waals surface area (Å²) in [5.41, 5.74) is 10.2. The van der Waals surface area contributed by atoms with Gasteiger partial charge in [-0.15, -0.1) is 0 Å². The Labute approximate surface area is 149 Å². The largest absolute Gasteiger partial charge is 0.398 e. The number of rotatable bonds is 4. The topological polar surface area (TPSA) is 80.9 Å². The van der Waals surface area contributed by atoms with Crippen molar-refractivity contribution in [3.8, 4) is 11.3 Å². The maximum absolute atomic E-state index is 12.2. The van der Waals surface area contributed by atoms with Gasteiger partial charge in [-0.1, -0.05) is 36.2 Å². The first-order valence-electron chi connectivity index (χ1n) is 7.52. The van der Waals surface area contributed by atoms with Crippen LogP contribution in [0.15, 0.2) is 23.8 Å². The first-order valence-corrected chi connectivity index (χ1v) is 8.28. The van der Waals surface area contributed by atoms with Gasteiger partial charge in [0.2, 0.25) is 5.95 Å². The number of Topliss-reactive ketones (excluding diaryl/α,β-unsaturated/α-hetero) is 1. The molecule has 0 atom stereocenters. The number of nitrogens with one attached hydrogen (secondary N) is 1. The van der Waals surface area contributed by atoms with Crippen LogP contribution in [-0.4, -0.2) is 22.8 Å². The van der Waals surface area contributed by atoms with Crippen LogP contribution >= 0.6 is 23.2 Å². The Kier molecular flexibility index (Phi) is 4.47. The van der Waals surface area contributed by atoms with Crippen molar-refractivity contribution in [1.29, 1.82) is 0 Å². The molecule has 7 heteroatoms. The minimum Gasteiger partial charge on any atom is -0.398 e. The van der Waals surface area contributed by atoms with E-state index in [9.17, 15) is 4.79 Å². The highest BCUT2D eigenvalue weighted by Gasteiger charge is 2.29. The predicted octanol–water partition coefficient (Wildman–Crippen LogP) is 3.70. The number of aromatic nitrogens is 2. The van der Waals surface area contributed by atoms with E-state index in [0.29, 0.717) is 51.4 Å². The second-order valence-electron chi connectivity index (χ2n) is 5.44. The minimum atomic E-state index is 0.0246. The molecule has 1 aromatic heterocycles. The van der Waals surface area contributed by atoms with Gasteiger partial charge in [-0.25, -0.2) is 9.97 Å². The zero-order valence-corrected chi connectivity index (χ0v) is 14.8. The van der Waals surface area contributed by atoms with Gasteiger partial charge in [0.25, 0.3) is 0 Å². The monoisotopic (exact) mass is 362 g/mol. The molecule has 1 aliphatic rings. The van der Waals surface area contributed by atoms with Crippen LogP contribution in [0.5, 0.6) is 0 Å². The van der Waals surface area contributed by atoms with E-state index in [-0.39, 0.29) is 5.78 Å². The van der Waals surface area contributed by atoms with Crippen LogP contribution in [0.1, 0.15) is 24.6 Å². The number of nitrogens with zero attached hydrogens (tertiary/aromatic N) is 2. The fraction of sp³-hybridized carbons (Fsp3) is 0.235. The summed E-state index contributed by atoms with van der Waals surface area (Å²) < 4.78 is 0. The van der Waals surface area contributed by atoms with Crippen LogP contribution < -0.4 is 11.1 Å². The number of hydrogen-bond acceptors (Lipinski definition) is 5. The summed E-state index contributed by atoms with van der Waals surface area (Å²) in [7, 11) is 1.74. The second-order valence-corrected chi connectivity index (χ2v) is 6.26. The van der Waals surface area contributed by atoms with Crippen LogP contribution in [0.3, 0.4) is 0 Å². The van der Waals surface area contributed by atoms with Crippen molar-refractivity contribution in [2.45, 2.75) is 19.8 Å². The first-order chi connectivity index (χ1) is 11.5. The predicted molar refractivity (Wildman–Crippen MR) is 97.1 cm³/mol. The van der Waals surface area contributed by atoms with Crippen LogP contribution in [-0.2, 0) is 11.2 Å². The lowest BCUT2D eigenvalue weighted by Crippen LogP contribution is -2.07. The zero-order valence-electron chi connectivity index (χ0n) is 13.3. The molecule has 0 unspecified atom stereocenters. The van der Waals surface area contributed by atoms with Crippen molar-refractivity contribution in [2.24, 2.45) is 5.73 Å². The molecule has 1 aromatic carbocycles. The van der Waals surface area contributed by atoms with Crippen LogP contribution in [0, 0.1) is 0 Å². The Morgan fingerprint density at radius 2 is 2.04 bits per heavy atom. The Bertz CT molecular complexity index is 877. The fourth-order valence-corrected chi connectivity index (χ4v) is 3.06. The SMILES string of the molecule is CCC(=O)C1=C(N)c2c(nc(NC)nc2-c2ccc(Cl)c(Cl)c2)C1. The van der Waals surface area contributed by atoms with Gasteiger partial charge in [0, 0.05) is 36.6 Å². The summed E-state index contributed by atoms with van der Waals surface area (Å²) >= 11 is 12.1. The highest BCUT2D eigenvalue weighted by atomic mass is 35.5. The van der Waals surface area contributed by atoms with Gasteiger partial charge in [-0.3, -0.25) is 4.79 Å². The fourth-order valence-electron chi connectivity index (χ4n) is 2.76. The number of fused-ring (bicyclic) bond motifs is 1. The smallest absolute Gasteiger partial charge is 0.223 e. The van der Waals surface area contributed by atoms with E-state index in [1.165, 1.54) is 0 Å². The summed E-state index contributed by atoms with van der Waals surface area (Å²) in [6, 6.07) is 5.27. The minimum absolute atomic E-state index is 0.0246. The summed E-state index contributed by atoms with van der Waals surface area (Å²) in [6.45, 7) is 1.82. The molecule has 0 aliphatic heterocycles. The molecular weight excluding hydrogens is 347 g/mol. The average Bonchev–Trinajstić information content (AvgIpc) is 2.92. The number of halogens is 2. The lowest BCUT2D eigenvalue weighted by atomic mass is 10.0. The summed E-state index contributed by atoms with van der Waals surface area (Å²) in [6.07, 6.45) is 0.817. The third-order valence-corrected chi connectivity index (χ3v) is 4.74. The van der Waals surface area contributed by atoms with E-state index < -0.39 is 0 Å². The molecule has 3 N–H and O–H groups in total. The molecule has 0 saturated heterocycles. The normalized spacial score (nSPS) is 13.2. The van der Waals surface area contributed by atoms with Crippen molar-refractivity contribution in [3.05, 3.63) is 45.1 Å².